The van der Waals surface area contributed by atoms with Crippen LogP contribution in [-0.2, 0) is 15.3 Å². The number of methoxy groups -OCH3 is 2. The average molecular weight is 433 g/mol. The molecular formula is C22H25FN2O4S. The molecule has 0 spiro atoms. The maximum Gasteiger partial charge on any atom is 0.227 e. The summed E-state index contributed by atoms with van der Waals surface area (Å²) in [6, 6.07) is 11.9. The monoisotopic (exact) mass is 432 g/mol. The molecule has 0 radical (unpaired) electrons. The second-order valence-corrected chi connectivity index (χ2v) is 7.98. The van der Waals surface area contributed by atoms with Crippen LogP contribution >= 0.6 is 11.8 Å². The third-order valence-corrected chi connectivity index (χ3v) is 5.94. The summed E-state index contributed by atoms with van der Waals surface area (Å²) in [5, 5.41) is 2.88. The third-order valence-electron chi connectivity index (χ3n) is 4.93. The van der Waals surface area contributed by atoms with E-state index >= 15 is 0 Å². The predicted octanol–water partition coefficient (Wildman–Crippen LogP) is 3.25. The molecule has 8 heteroatoms. The molecule has 160 valence electrons. The second kappa shape index (κ2) is 10.3. The smallest absolute Gasteiger partial charge is 0.227 e. The Labute approximate surface area is 179 Å². The summed E-state index contributed by atoms with van der Waals surface area (Å²) in [5.74, 6) is 1.45. The largest absolute Gasteiger partial charge is 0.497 e. The van der Waals surface area contributed by atoms with Gasteiger partial charge < -0.3 is 19.7 Å². The van der Waals surface area contributed by atoms with E-state index in [4.69, 9.17) is 9.47 Å². The van der Waals surface area contributed by atoms with Gasteiger partial charge in [0.15, 0.2) is 0 Å². The SMILES string of the molecule is COc1ccc(OC)c(N2CC(C(=O)NCCSCc3ccccc3F)CC2=O)c1. The van der Waals surface area contributed by atoms with Crippen molar-refractivity contribution in [2.45, 2.75) is 12.2 Å². The Balaban J connectivity index is 1.50. The van der Waals surface area contributed by atoms with Gasteiger partial charge in [-0.05, 0) is 23.8 Å². The number of benzene rings is 2. The van der Waals surface area contributed by atoms with Gasteiger partial charge >= 0.3 is 0 Å². The minimum Gasteiger partial charge on any atom is -0.497 e. The molecule has 2 amide bonds. The number of thioether (sulfide) groups is 1. The van der Waals surface area contributed by atoms with Gasteiger partial charge in [0.05, 0.1) is 25.8 Å². The van der Waals surface area contributed by atoms with Crippen molar-refractivity contribution < 1.29 is 23.5 Å². The number of ether oxygens (including phenoxy) is 2. The van der Waals surface area contributed by atoms with Crippen LogP contribution in [0, 0.1) is 11.7 Å². The van der Waals surface area contributed by atoms with Gasteiger partial charge in [-0.3, -0.25) is 9.59 Å². The van der Waals surface area contributed by atoms with Crippen molar-refractivity contribution in [3.05, 3.63) is 53.8 Å². The molecule has 30 heavy (non-hydrogen) atoms. The minimum atomic E-state index is -0.426. The fourth-order valence-electron chi connectivity index (χ4n) is 3.31. The number of nitrogens with zero attached hydrogens (tertiary/aromatic N) is 1. The second-order valence-electron chi connectivity index (χ2n) is 6.88. The topological polar surface area (TPSA) is 67.9 Å². The Morgan fingerprint density at radius 3 is 2.77 bits per heavy atom. The highest BCUT2D eigenvalue weighted by Crippen LogP contribution is 2.36. The molecule has 2 aromatic carbocycles. The van der Waals surface area contributed by atoms with E-state index in [0.29, 0.717) is 40.8 Å². The van der Waals surface area contributed by atoms with E-state index in [-0.39, 0.29) is 30.6 Å². The van der Waals surface area contributed by atoms with Crippen LogP contribution in [0.1, 0.15) is 12.0 Å². The Morgan fingerprint density at radius 1 is 1.23 bits per heavy atom. The molecule has 0 saturated carbocycles. The Hall–Kier alpha value is -2.74. The lowest BCUT2D eigenvalue weighted by Gasteiger charge is -2.20. The van der Waals surface area contributed by atoms with Gasteiger partial charge in [0.25, 0.3) is 0 Å². The number of hydrogen-bond donors (Lipinski definition) is 1. The zero-order chi connectivity index (χ0) is 21.5. The molecule has 0 bridgehead atoms. The maximum absolute atomic E-state index is 13.6. The first kappa shape index (κ1) is 22.0. The number of halogens is 1. The van der Waals surface area contributed by atoms with Gasteiger partial charge in [-0.25, -0.2) is 4.39 Å². The molecule has 0 aliphatic carbocycles. The molecule has 1 saturated heterocycles. The van der Waals surface area contributed by atoms with Gasteiger partial charge in [0, 0.05) is 37.1 Å². The predicted molar refractivity (Wildman–Crippen MR) is 116 cm³/mol. The first-order valence-corrected chi connectivity index (χ1v) is 10.8. The van der Waals surface area contributed by atoms with Crippen LogP contribution in [0.5, 0.6) is 11.5 Å². The van der Waals surface area contributed by atoms with Gasteiger partial charge in [-0.15, -0.1) is 0 Å². The highest BCUT2D eigenvalue weighted by atomic mass is 32.2. The molecular weight excluding hydrogens is 407 g/mol. The first-order chi connectivity index (χ1) is 14.5. The molecule has 6 nitrogen and oxygen atoms in total. The minimum absolute atomic E-state index is 0.129. The summed E-state index contributed by atoms with van der Waals surface area (Å²) in [6.07, 6.45) is 0.147. The molecule has 1 atom stereocenters. The molecule has 3 rings (SSSR count). The third kappa shape index (κ3) is 5.24. The van der Waals surface area contributed by atoms with Crippen molar-refractivity contribution in [2.24, 2.45) is 5.92 Å². The fraction of sp³-hybridized carbons (Fsp3) is 0.364. The van der Waals surface area contributed by atoms with Crippen molar-refractivity contribution in [1.29, 1.82) is 0 Å². The molecule has 1 aliphatic rings. The lowest BCUT2D eigenvalue weighted by atomic mass is 10.1. The van der Waals surface area contributed by atoms with Crippen LogP contribution in [0.2, 0.25) is 0 Å². The van der Waals surface area contributed by atoms with Gasteiger partial charge in [-0.1, -0.05) is 18.2 Å². The number of rotatable bonds is 9. The van der Waals surface area contributed by atoms with Crippen LogP contribution in [0.15, 0.2) is 42.5 Å². The fourth-order valence-corrected chi connectivity index (χ4v) is 4.16. The summed E-state index contributed by atoms with van der Waals surface area (Å²) in [7, 11) is 3.09. The van der Waals surface area contributed by atoms with E-state index in [0.717, 1.165) is 0 Å². The quantitative estimate of drug-likeness (QED) is 0.616. The summed E-state index contributed by atoms with van der Waals surface area (Å²) in [5.41, 5.74) is 1.25. The molecule has 2 aromatic rings. The van der Waals surface area contributed by atoms with Crippen LogP contribution in [-0.4, -0.2) is 44.9 Å². The Morgan fingerprint density at radius 2 is 2.03 bits per heavy atom. The van der Waals surface area contributed by atoms with Gasteiger partial charge in [-0.2, -0.15) is 11.8 Å². The van der Waals surface area contributed by atoms with E-state index in [2.05, 4.69) is 5.32 Å². The molecule has 0 aromatic heterocycles. The Bertz CT molecular complexity index is 908. The standard InChI is InChI=1S/C22H25FN2O4S/c1-28-17-7-8-20(29-2)19(12-17)25-13-16(11-21(25)26)22(27)24-9-10-30-14-15-5-3-4-6-18(15)23/h3-8,12,16H,9-11,13-14H2,1-2H3,(H,24,27). The summed E-state index contributed by atoms with van der Waals surface area (Å²) < 4.78 is 24.2. The first-order valence-electron chi connectivity index (χ1n) is 9.64. The number of nitrogens with one attached hydrogen (secondary N) is 1. The van der Waals surface area contributed by atoms with Crippen molar-refractivity contribution in [1.82, 2.24) is 5.32 Å². The van der Waals surface area contributed by atoms with Crippen LogP contribution in [0.4, 0.5) is 10.1 Å². The maximum atomic E-state index is 13.6. The highest BCUT2D eigenvalue weighted by Gasteiger charge is 2.36. The summed E-state index contributed by atoms with van der Waals surface area (Å²) in [6.45, 7) is 0.752. The van der Waals surface area contributed by atoms with E-state index < -0.39 is 5.92 Å². The van der Waals surface area contributed by atoms with E-state index in [1.54, 1.807) is 60.2 Å². The number of anilines is 1. The van der Waals surface area contributed by atoms with Crippen molar-refractivity contribution >= 4 is 29.3 Å². The van der Waals surface area contributed by atoms with Crippen molar-refractivity contribution in [3.8, 4) is 11.5 Å². The van der Waals surface area contributed by atoms with E-state index in [9.17, 15) is 14.0 Å². The van der Waals surface area contributed by atoms with Crippen molar-refractivity contribution in [2.75, 3.05) is 38.0 Å². The molecule has 1 aliphatic heterocycles. The van der Waals surface area contributed by atoms with Gasteiger partial charge in [0.2, 0.25) is 11.8 Å². The molecule has 1 N–H and O–H groups in total. The zero-order valence-electron chi connectivity index (χ0n) is 17.0. The van der Waals surface area contributed by atoms with Gasteiger partial charge in [0.1, 0.15) is 17.3 Å². The lowest BCUT2D eigenvalue weighted by Crippen LogP contribution is -2.34. The van der Waals surface area contributed by atoms with E-state index in [1.165, 1.54) is 13.2 Å². The summed E-state index contributed by atoms with van der Waals surface area (Å²) in [4.78, 5) is 26.6. The summed E-state index contributed by atoms with van der Waals surface area (Å²) >= 11 is 1.55. The number of carbonyl (C=O) groups is 2. The van der Waals surface area contributed by atoms with Crippen LogP contribution < -0.4 is 19.7 Å². The zero-order valence-corrected chi connectivity index (χ0v) is 17.8. The highest BCUT2D eigenvalue weighted by molar-refractivity contribution is 7.98. The Kier molecular flexibility index (Phi) is 7.57. The number of amides is 2. The normalized spacial score (nSPS) is 15.9. The van der Waals surface area contributed by atoms with Crippen LogP contribution in [0.25, 0.3) is 0 Å². The van der Waals surface area contributed by atoms with E-state index in [1.807, 2.05) is 0 Å². The molecule has 1 fully saturated rings. The van der Waals surface area contributed by atoms with Crippen molar-refractivity contribution in [3.63, 3.8) is 0 Å². The number of hydrogen-bond acceptors (Lipinski definition) is 5. The molecule has 1 unspecified atom stereocenters. The number of carbonyl (C=O) groups excluding carboxylic acids is 2. The average Bonchev–Trinajstić information content (AvgIpc) is 3.15. The lowest BCUT2D eigenvalue weighted by molar-refractivity contribution is -0.126. The van der Waals surface area contributed by atoms with Crippen LogP contribution in [0.3, 0.4) is 0 Å². The molecule has 1 heterocycles.